The van der Waals surface area contributed by atoms with Crippen LogP contribution in [0.4, 0.5) is 4.70 Å². The molecule has 0 N–H and O–H groups in total. The summed E-state index contributed by atoms with van der Waals surface area (Å²) in [5.74, 6) is 0. The van der Waals surface area contributed by atoms with Gasteiger partial charge in [-0.25, -0.2) is 0 Å². The summed E-state index contributed by atoms with van der Waals surface area (Å²) in [6.07, 6.45) is 0. The second-order valence-electron chi connectivity index (χ2n) is 0. The Hall–Kier alpha value is 1.75. The maximum Gasteiger partial charge on any atom is 0 e. The fraction of sp³-hybridized carbons (Fsp3) is 0. The van der Waals surface area contributed by atoms with E-state index in [0.717, 1.165) is 0 Å². The average molecular weight is 125 g/mol. The van der Waals surface area contributed by atoms with E-state index in [0.29, 0.717) is 0 Å². The molecule has 0 rings (SSSR count). The van der Waals surface area contributed by atoms with Gasteiger partial charge in [-0.05, 0) is 0 Å². The van der Waals surface area contributed by atoms with Gasteiger partial charge in [-0.1, -0.05) is 0 Å². The van der Waals surface area contributed by atoms with Crippen molar-refractivity contribution in [2.45, 2.75) is 0 Å². The average Bonchev–Trinajstić information content (AvgIpc) is 0. The van der Waals surface area contributed by atoms with Crippen LogP contribution in [0.25, 0.3) is 0 Å². The molecular formula is AlFMgMn. The van der Waals surface area contributed by atoms with Crippen LogP contribution < -0.4 is 0 Å². The minimum Gasteiger partial charge on any atom is 0 e. The molecule has 4 heavy (non-hydrogen) atoms. The van der Waals surface area contributed by atoms with Gasteiger partial charge >= 0.3 is 0 Å². The summed E-state index contributed by atoms with van der Waals surface area (Å²) in [5, 5.41) is 0. The van der Waals surface area contributed by atoms with E-state index in [1.54, 1.807) is 0 Å². The minimum atomic E-state index is 0. The second-order valence-corrected chi connectivity index (χ2v) is 0. The third kappa shape index (κ3) is 9.26. The van der Waals surface area contributed by atoms with Gasteiger partial charge in [0, 0.05) is 62.2 Å². The van der Waals surface area contributed by atoms with Gasteiger partial charge in [0.25, 0.3) is 0 Å². The molecule has 0 aromatic carbocycles. The van der Waals surface area contributed by atoms with Crippen molar-refractivity contribution in [3.63, 3.8) is 0 Å². The summed E-state index contributed by atoms with van der Waals surface area (Å²) in [7, 11) is 0. The van der Waals surface area contributed by atoms with Crippen molar-refractivity contribution in [1.82, 2.24) is 0 Å². The maximum atomic E-state index is 0. The molecule has 0 spiro atoms. The zero-order valence-corrected chi connectivity index (χ0v) is 5.79. The molecule has 0 saturated carbocycles. The van der Waals surface area contributed by atoms with Gasteiger partial charge in [0.1, 0.15) is 0 Å². The Bertz CT molecular complexity index is 8.00. The fourth-order valence-electron chi connectivity index (χ4n) is 0. The number of halogens is 1. The van der Waals surface area contributed by atoms with Gasteiger partial charge in [-0.2, -0.15) is 0 Å². The van der Waals surface area contributed by atoms with E-state index in [1.165, 1.54) is 0 Å². The van der Waals surface area contributed by atoms with E-state index < -0.39 is 0 Å². The van der Waals surface area contributed by atoms with Crippen molar-refractivity contribution in [3.05, 3.63) is 0 Å². The summed E-state index contributed by atoms with van der Waals surface area (Å²) in [4.78, 5) is 0. The van der Waals surface area contributed by atoms with Crippen molar-refractivity contribution in [3.8, 4) is 0 Å². The summed E-state index contributed by atoms with van der Waals surface area (Å²) < 4.78 is 0. The van der Waals surface area contributed by atoms with E-state index >= 15 is 0 Å². The van der Waals surface area contributed by atoms with Crippen molar-refractivity contribution in [2.24, 2.45) is 0 Å². The molecule has 4 heteroatoms. The molecule has 0 unspecified atom stereocenters. The third-order valence-corrected chi connectivity index (χ3v) is 0. The van der Waals surface area contributed by atoms with Gasteiger partial charge in [-0.3, -0.25) is 0 Å². The molecule has 0 aromatic heterocycles. The van der Waals surface area contributed by atoms with Crippen LogP contribution in [0.2, 0.25) is 0 Å². The molecule has 0 aliphatic heterocycles. The predicted octanol–water partition coefficient (Wildman–Crippen LogP) is -0.344. The molecular weight excluding hydrogens is 125 g/mol. The molecule has 7 radical (unpaired) electrons. The summed E-state index contributed by atoms with van der Waals surface area (Å²) in [6, 6.07) is 0. The molecule has 0 nitrogen and oxygen atoms in total. The van der Waals surface area contributed by atoms with Crippen molar-refractivity contribution >= 4 is 40.4 Å². The molecule has 0 heterocycles. The molecule has 0 amide bonds. The van der Waals surface area contributed by atoms with Crippen molar-refractivity contribution in [1.29, 1.82) is 0 Å². The smallest absolute Gasteiger partial charge is 0 e. The standard InChI is InChI=1S/Al.F.Mg.Mn. The van der Waals surface area contributed by atoms with E-state index in [2.05, 4.69) is 0 Å². The maximum absolute atomic E-state index is 0. The number of hydrogen-bond acceptors (Lipinski definition) is 0. The second kappa shape index (κ2) is 21.8. The largest absolute Gasteiger partial charge is 0 e. The molecule has 0 atom stereocenters. The Balaban J connectivity index is 0. The Kier molecular flexibility index (Phi) is 231. The molecule has 0 bridgehead atoms. The normalized spacial score (nSPS) is 0. The fourth-order valence-corrected chi connectivity index (χ4v) is 0. The summed E-state index contributed by atoms with van der Waals surface area (Å²) in [6.45, 7) is 0. The van der Waals surface area contributed by atoms with E-state index in [-0.39, 0.29) is 62.2 Å². The first-order valence-electron chi connectivity index (χ1n) is 0. The predicted molar refractivity (Wildman–Crippen MR) is 12.6 cm³/mol. The minimum absolute atomic E-state index is 0. The van der Waals surface area contributed by atoms with Gasteiger partial charge in [-0.15, -0.1) is 0 Å². The van der Waals surface area contributed by atoms with Gasteiger partial charge in [0.05, 0.1) is 0 Å². The summed E-state index contributed by atoms with van der Waals surface area (Å²) in [5.41, 5.74) is 0. The van der Waals surface area contributed by atoms with Crippen LogP contribution in [0, 0.1) is 0 Å². The van der Waals surface area contributed by atoms with Gasteiger partial charge in [0.15, 0.2) is 0 Å². The first kappa shape index (κ1) is 42.4. The van der Waals surface area contributed by atoms with Crippen LogP contribution >= 0.6 is 0 Å². The molecule has 0 aliphatic carbocycles. The Labute approximate surface area is 61.8 Å². The summed E-state index contributed by atoms with van der Waals surface area (Å²) >= 11 is 0. The Morgan fingerprint density at radius 1 is 1.00 bits per heavy atom. The van der Waals surface area contributed by atoms with E-state index in [4.69, 9.17) is 0 Å². The van der Waals surface area contributed by atoms with E-state index in [9.17, 15) is 0 Å². The monoisotopic (exact) mass is 125 g/mol. The molecule has 0 fully saturated rings. The first-order valence-corrected chi connectivity index (χ1v) is 0. The van der Waals surface area contributed by atoms with Crippen LogP contribution in [-0.2, 0) is 17.1 Å². The van der Waals surface area contributed by atoms with E-state index in [1.807, 2.05) is 0 Å². The Morgan fingerprint density at radius 3 is 1.00 bits per heavy atom. The zero-order chi connectivity index (χ0) is 0. The van der Waals surface area contributed by atoms with Crippen molar-refractivity contribution < 1.29 is 21.8 Å². The van der Waals surface area contributed by atoms with Gasteiger partial charge < -0.3 is 0 Å². The molecule has 19 valence electrons. The van der Waals surface area contributed by atoms with Crippen LogP contribution in [0.3, 0.4) is 0 Å². The first-order chi connectivity index (χ1) is 0. The SMILES string of the molecule is [Al].[F].[Mg].[Mn]. The molecule has 0 aliphatic rings. The quantitative estimate of drug-likeness (QED) is 0.388. The molecule has 0 saturated heterocycles. The van der Waals surface area contributed by atoms with Crippen LogP contribution in [-0.4, -0.2) is 40.4 Å². The van der Waals surface area contributed by atoms with Crippen molar-refractivity contribution in [2.75, 3.05) is 0 Å². The van der Waals surface area contributed by atoms with Crippen LogP contribution in [0.15, 0.2) is 0 Å². The zero-order valence-electron chi connectivity index (χ0n) is 2.04. The molecule has 0 aromatic rings. The Morgan fingerprint density at radius 2 is 1.00 bits per heavy atom. The topological polar surface area (TPSA) is 0 Å². The third-order valence-electron chi connectivity index (χ3n) is 0. The van der Waals surface area contributed by atoms with Gasteiger partial charge in [0.2, 0.25) is 0 Å². The number of hydrogen-bond donors (Lipinski definition) is 0. The van der Waals surface area contributed by atoms with Crippen LogP contribution in [0.1, 0.15) is 0 Å². The van der Waals surface area contributed by atoms with Crippen LogP contribution in [0.5, 0.6) is 0 Å². The number of rotatable bonds is 0.